The predicted octanol–water partition coefficient (Wildman–Crippen LogP) is 2.35. The first-order valence-corrected chi connectivity index (χ1v) is 6.48. The molecule has 0 saturated carbocycles. The van der Waals surface area contributed by atoms with Crippen molar-refractivity contribution < 1.29 is 4.39 Å². The average Bonchev–Trinajstić information content (AvgIpc) is 2.96. The summed E-state index contributed by atoms with van der Waals surface area (Å²) in [4.78, 5) is 2.49. The minimum atomic E-state index is -0.328. The van der Waals surface area contributed by atoms with Crippen LogP contribution in [0, 0.1) is 17.1 Å². The van der Waals surface area contributed by atoms with E-state index in [0.29, 0.717) is 23.3 Å². The highest BCUT2D eigenvalue weighted by molar-refractivity contribution is 5.49. The fourth-order valence-electron chi connectivity index (χ4n) is 3.15. The van der Waals surface area contributed by atoms with Gasteiger partial charge in [-0.2, -0.15) is 5.26 Å². The maximum absolute atomic E-state index is 13.8. The van der Waals surface area contributed by atoms with Gasteiger partial charge in [0.2, 0.25) is 0 Å². The first-order valence-electron chi connectivity index (χ1n) is 6.48. The molecule has 0 aliphatic carbocycles. The molecule has 0 spiro atoms. The van der Waals surface area contributed by atoms with Crippen LogP contribution in [-0.2, 0) is 0 Å². The Kier molecular flexibility index (Phi) is 2.92. The molecule has 1 aromatic carbocycles. The van der Waals surface area contributed by atoms with Crippen molar-refractivity contribution in [2.24, 2.45) is 0 Å². The highest BCUT2D eigenvalue weighted by Crippen LogP contribution is 2.30. The Morgan fingerprint density at radius 2 is 2.22 bits per heavy atom. The van der Waals surface area contributed by atoms with Gasteiger partial charge in [-0.1, -0.05) is 0 Å². The zero-order valence-electron chi connectivity index (χ0n) is 10.2. The number of rotatable bonds is 2. The highest BCUT2D eigenvalue weighted by atomic mass is 19.1. The lowest BCUT2D eigenvalue weighted by molar-refractivity contribution is 0.318. The number of nitrogens with zero attached hydrogens (tertiary/aromatic N) is 2. The molecule has 4 heteroatoms. The number of halogens is 1. The Morgan fingerprint density at radius 1 is 1.33 bits per heavy atom. The second-order valence-electron chi connectivity index (χ2n) is 5.09. The zero-order valence-corrected chi connectivity index (χ0v) is 10.2. The van der Waals surface area contributed by atoms with Gasteiger partial charge >= 0.3 is 0 Å². The fraction of sp³-hybridized carbons (Fsp3) is 0.500. The Balaban J connectivity index is 1.75. The summed E-state index contributed by atoms with van der Waals surface area (Å²) < 4.78 is 13.8. The summed E-state index contributed by atoms with van der Waals surface area (Å²) >= 11 is 0. The van der Waals surface area contributed by atoms with Crippen molar-refractivity contribution in [2.45, 2.75) is 31.3 Å². The number of nitrogens with one attached hydrogen (secondary N) is 1. The van der Waals surface area contributed by atoms with Crippen LogP contribution in [0.4, 0.5) is 10.1 Å². The van der Waals surface area contributed by atoms with Gasteiger partial charge in [0.05, 0.1) is 17.3 Å². The van der Waals surface area contributed by atoms with Gasteiger partial charge in [0.25, 0.3) is 0 Å². The largest absolute Gasteiger partial charge is 0.378 e. The third kappa shape index (κ3) is 1.95. The topological polar surface area (TPSA) is 39.1 Å². The van der Waals surface area contributed by atoms with E-state index in [9.17, 15) is 4.39 Å². The van der Waals surface area contributed by atoms with E-state index in [2.05, 4.69) is 10.2 Å². The lowest BCUT2D eigenvalue weighted by Gasteiger charge is -2.22. The van der Waals surface area contributed by atoms with Gasteiger partial charge in [-0.15, -0.1) is 0 Å². The summed E-state index contributed by atoms with van der Waals surface area (Å²) in [5.74, 6) is -0.328. The number of hydrogen-bond donors (Lipinski definition) is 1. The molecule has 2 fully saturated rings. The van der Waals surface area contributed by atoms with Gasteiger partial charge < -0.3 is 5.32 Å². The molecule has 2 unspecified atom stereocenters. The maximum Gasteiger partial charge on any atom is 0.147 e. The summed E-state index contributed by atoms with van der Waals surface area (Å²) in [6, 6.07) is 7.47. The molecule has 2 saturated heterocycles. The van der Waals surface area contributed by atoms with Crippen LogP contribution >= 0.6 is 0 Å². The van der Waals surface area contributed by atoms with Crippen molar-refractivity contribution in [2.75, 3.05) is 18.4 Å². The van der Waals surface area contributed by atoms with Crippen LogP contribution in [-0.4, -0.2) is 30.1 Å². The molecule has 0 radical (unpaired) electrons. The van der Waals surface area contributed by atoms with E-state index in [4.69, 9.17) is 5.26 Å². The third-order valence-electron chi connectivity index (χ3n) is 4.05. The van der Waals surface area contributed by atoms with Crippen LogP contribution in [0.1, 0.15) is 24.8 Å². The Bertz CT molecular complexity index is 494. The molecule has 3 rings (SSSR count). The van der Waals surface area contributed by atoms with Gasteiger partial charge in [-0.3, -0.25) is 4.90 Å². The SMILES string of the molecule is N#Cc1ccc(NC2CCN3CCCC23)c(F)c1. The smallest absolute Gasteiger partial charge is 0.147 e. The molecule has 94 valence electrons. The van der Waals surface area contributed by atoms with Crippen LogP contribution in [0.15, 0.2) is 18.2 Å². The van der Waals surface area contributed by atoms with Crippen molar-refractivity contribution in [3.8, 4) is 6.07 Å². The molecule has 0 amide bonds. The molecule has 2 atom stereocenters. The van der Waals surface area contributed by atoms with Crippen LogP contribution in [0.5, 0.6) is 0 Å². The summed E-state index contributed by atoms with van der Waals surface area (Å²) in [5.41, 5.74) is 0.889. The standard InChI is InChI=1S/C14H16FN3/c15-11-8-10(9-16)3-4-12(11)17-13-5-7-18-6-1-2-14(13)18/h3-4,8,13-14,17H,1-2,5-7H2. The van der Waals surface area contributed by atoms with Crippen LogP contribution in [0.2, 0.25) is 0 Å². The molecule has 2 heterocycles. The van der Waals surface area contributed by atoms with Crippen molar-refractivity contribution >= 4 is 5.69 Å². The lowest BCUT2D eigenvalue weighted by atomic mass is 10.1. The number of nitriles is 1. The normalized spacial score (nSPS) is 26.9. The summed E-state index contributed by atoms with van der Waals surface area (Å²) in [6.45, 7) is 2.29. The van der Waals surface area contributed by atoms with Crippen molar-refractivity contribution in [3.05, 3.63) is 29.6 Å². The van der Waals surface area contributed by atoms with Gasteiger partial charge in [-0.25, -0.2) is 4.39 Å². The summed E-state index contributed by atoms with van der Waals surface area (Å²) in [5, 5.41) is 12.0. The van der Waals surface area contributed by atoms with Crippen LogP contribution in [0.25, 0.3) is 0 Å². The van der Waals surface area contributed by atoms with E-state index in [1.54, 1.807) is 12.1 Å². The Labute approximate surface area is 106 Å². The summed E-state index contributed by atoms with van der Waals surface area (Å²) in [6.07, 6.45) is 3.53. The van der Waals surface area contributed by atoms with Gasteiger partial charge in [0, 0.05) is 18.6 Å². The highest BCUT2D eigenvalue weighted by Gasteiger charge is 2.37. The van der Waals surface area contributed by atoms with Gasteiger partial charge in [0.15, 0.2) is 0 Å². The number of fused-ring (bicyclic) bond motifs is 1. The van der Waals surface area contributed by atoms with E-state index in [1.807, 2.05) is 6.07 Å². The molecular weight excluding hydrogens is 229 g/mol. The molecule has 18 heavy (non-hydrogen) atoms. The third-order valence-corrected chi connectivity index (χ3v) is 4.05. The molecule has 0 aromatic heterocycles. The second-order valence-corrected chi connectivity index (χ2v) is 5.09. The quantitative estimate of drug-likeness (QED) is 0.869. The zero-order chi connectivity index (χ0) is 12.5. The molecule has 1 N–H and O–H groups in total. The average molecular weight is 245 g/mol. The number of anilines is 1. The lowest BCUT2D eigenvalue weighted by Crippen LogP contribution is -2.33. The van der Waals surface area contributed by atoms with Crippen LogP contribution in [0.3, 0.4) is 0 Å². The first-order chi connectivity index (χ1) is 8.78. The van der Waals surface area contributed by atoms with E-state index >= 15 is 0 Å². The Hall–Kier alpha value is -1.60. The second kappa shape index (κ2) is 4.58. The Morgan fingerprint density at radius 3 is 3.00 bits per heavy atom. The molecule has 2 aliphatic heterocycles. The number of benzene rings is 1. The van der Waals surface area contributed by atoms with Gasteiger partial charge in [0.1, 0.15) is 5.82 Å². The molecule has 1 aromatic rings. The fourth-order valence-corrected chi connectivity index (χ4v) is 3.15. The van der Waals surface area contributed by atoms with Crippen molar-refractivity contribution in [1.82, 2.24) is 4.90 Å². The molecule has 3 nitrogen and oxygen atoms in total. The molecular formula is C14H16FN3. The maximum atomic E-state index is 13.8. The number of hydrogen-bond acceptors (Lipinski definition) is 3. The van der Waals surface area contributed by atoms with Crippen LogP contribution < -0.4 is 5.32 Å². The summed E-state index contributed by atoms with van der Waals surface area (Å²) in [7, 11) is 0. The minimum absolute atomic E-state index is 0.328. The minimum Gasteiger partial charge on any atom is -0.378 e. The van der Waals surface area contributed by atoms with E-state index < -0.39 is 0 Å². The van der Waals surface area contributed by atoms with E-state index in [0.717, 1.165) is 13.0 Å². The van der Waals surface area contributed by atoms with E-state index in [1.165, 1.54) is 25.5 Å². The van der Waals surface area contributed by atoms with Gasteiger partial charge in [-0.05, 0) is 44.0 Å². The predicted molar refractivity (Wildman–Crippen MR) is 67.7 cm³/mol. The van der Waals surface area contributed by atoms with Crippen molar-refractivity contribution in [3.63, 3.8) is 0 Å². The molecule has 0 bridgehead atoms. The molecule has 2 aliphatic rings. The van der Waals surface area contributed by atoms with E-state index in [-0.39, 0.29) is 5.82 Å². The van der Waals surface area contributed by atoms with Crippen molar-refractivity contribution in [1.29, 1.82) is 5.26 Å². The first kappa shape index (κ1) is 11.5. The monoisotopic (exact) mass is 245 g/mol.